The summed E-state index contributed by atoms with van der Waals surface area (Å²) in [7, 11) is 1.31. The lowest BCUT2D eigenvalue weighted by atomic mass is 10.1. The molecule has 0 radical (unpaired) electrons. The Morgan fingerprint density at radius 1 is 1.04 bits per heavy atom. The number of ether oxygens (including phenoxy) is 1. The first-order valence-electron chi connectivity index (χ1n) is 7.56. The number of nitrogen functional groups attached to an aromatic ring is 1. The lowest BCUT2D eigenvalue weighted by molar-refractivity contribution is 0.0696. The number of hydrogen-bond donors (Lipinski definition) is 4. The van der Waals surface area contributed by atoms with Crippen LogP contribution in [0.1, 0.15) is 10.4 Å². The fraction of sp³-hybridized carbons (Fsp3) is 0.0526. The van der Waals surface area contributed by atoms with Crippen LogP contribution in [-0.4, -0.2) is 29.4 Å². The van der Waals surface area contributed by atoms with Crippen LogP contribution in [0.5, 0.6) is 5.75 Å². The zero-order valence-electron chi connectivity index (χ0n) is 14.0. The SMILES string of the molecule is COC(=O)Nc1ccc(N)cc1.O=C(O)c1cc(O)c2ccccc2c1. The highest BCUT2D eigenvalue weighted by atomic mass is 16.5. The van der Waals surface area contributed by atoms with E-state index in [9.17, 15) is 14.7 Å². The Labute approximate surface area is 149 Å². The van der Waals surface area contributed by atoms with Crippen molar-refractivity contribution in [1.29, 1.82) is 0 Å². The summed E-state index contributed by atoms with van der Waals surface area (Å²) in [5.41, 5.74) is 6.87. The van der Waals surface area contributed by atoms with E-state index in [1.54, 1.807) is 48.5 Å². The number of nitrogens with one attached hydrogen (secondary N) is 1. The molecule has 7 heteroatoms. The molecule has 0 bridgehead atoms. The molecule has 0 aliphatic rings. The lowest BCUT2D eigenvalue weighted by Crippen LogP contribution is -2.10. The van der Waals surface area contributed by atoms with E-state index in [0.29, 0.717) is 16.8 Å². The summed E-state index contributed by atoms with van der Waals surface area (Å²) < 4.78 is 4.40. The van der Waals surface area contributed by atoms with Crippen LogP contribution in [0.15, 0.2) is 60.7 Å². The minimum Gasteiger partial charge on any atom is -0.507 e. The molecule has 3 aromatic carbocycles. The number of phenolic OH excluding ortho intramolecular Hbond substituents is 1. The van der Waals surface area contributed by atoms with E-state index < -0.39 is 12.1 Å². The topological polar surface area (TPSA) is 122 Å². The van der Waals surface area contributed by atoms with Crippen LogP contribution >= 0.6 is 0 Å². The molecule has 0 aliphatic carbocycles. The van der Waals surface area contributed by atoms with Crippen molar-refractivity contribution in [2.75, 3.05) is 18.2 Å². The maximum Gasteiger partial charge on any atom is 0.411 e. The van der Waals surface area contributed by atoms with E-state index in [0.717, 1.165) is 5.39 Å². The van der Waals surface area contributed by atoms with E-state index in [1.807, 2.05) is 0 Å². The normalized spacial score (nSPS) is 9.73. The van der Waals surface area contributed by atoms with Gasteiger partial charge in [-0.3, -0.25) is 5.32 Å². The number of carbonyl (C=O) groups is 2. The van der Waals surface area contributed by atoms with E-state index in [4.69, 9.17) is 10.8 Å². The second kappa shape index (κ2) is 8.39. The molecule has 0 saturated carbocycles. The highest BCUT2D eigenvalue weighted by Crippen LogP contribution is 2.26. The van der Waals surface area contributed by atoms with Crippen molar-refractivity contribution >= 4 is 34.2 Å². The Bertz CT molecular complexity index is 923. The van der Waals surface area contributed by atoms with Gasteiger partial charge in [0.2, 0.25) is 0 Å². The molecule has 0 fully saturated rings. The first-order valence-corrected chi connectivity index (χ1v) is 7.56. The fourth-order valence-corrected chi connectivity index (χ4v) is 2.15. The summed E-state index contributed by atoms with van der Waals surface area (Å²) >= 11 is 0. The quantitative estimate of drug-likeness (QED) is 0.521. The number of fused-ring (bicyclic) bond motifs is 1. The Morgan fingerprint density at radius 3 is 2.31 bits per heavy atom. The third kappa shape index (κ3) is 4.88. The number of hydrogen-bond acceptors (Lipinski definition) is 5. The van der Waals surface area contributed by atoms with Gasteiger partial charge in [0.15, 0.2) is 0 Å². The van der Waals surface area contributed by atoms with E-state index in [1.165, 1.54) is 19.2 Å². The van der Waals surface area contributed by atoms with E-state index in [2.05, 4.69) is 10.1 Å². The van der Waals surface area contributed by atoms with Crippen LogP contribution in [0.2, 0.25) is 0 Å². The standard InChI is InChI=1S/C11H8O3.C8H10N2O2/c12-10-6-8(11(13)14)5-7-3-1-2-4-9(7)10;1-12-8(11)10-7-4-2-6(9)3-5-7/h1-6,12H,(H,13,14);2-5H,9H2,1H3,(H,10,11). The predicted octanol–water partition coefficient (Wildman–Crippen LogP) is 3.69. The molecular weight excluding hydrogens is 336 g/mol. The van der Waals surface area contributed by atoms with Gasteiger partial charge in [-0.25, -0.2) is 9.59 Å². The summed E-state index contributed by atoms with van der Waals surface area (Å²) in [6, 6.07) is 16.7. The minimum atomic E-state index is -1.04. The third-order valence-electron chi connectivity index (χ3n) is 3.43. The van der Waals surface area contributed by atoms with Crippen molar-refractivity contribution in [3.05, 3.63) is 66.2 Å². The molecule has 0 spiro atoms. The van der Waals surface area contributed by atoms with Gasteiger partial charge in [0.1, 0.15) is 5.75 Å². The fourth-order valence-electron chi connectivity index (χ4n) is 2.15. The number of carbonyl (C=O) groups excluding carboxylic acids is 1. The first-order chi connectivity index (χ1) is 12.4. The maximum atomic E-state index is 10.7. The van der Waals surface area contributed by atoms with Crippen molar-refractivity contribution in [1.82, 2.24) is 0 Å². The highest BCUT2D eigenvalue weighted by molar-refractivity contribution is 5.97. The number of rotatable bonds is 2. The van der Waals surface area contributed by atoms with Crippen LogP contribution < -0.4 is 11.1 Å². The Morgan fingerprint density at radius 2 is 1.69 bits per heavy atom. The third-order valence-corrected chi connectivity index (χ3v) is 3.43. The second-order valence-corrected chi connectivity index (χ2v) is 5.26. The van der Waals surface area contributed by atoms with Crippen molar-refractivity contribution in [3.8, 4) is 5.75 Å². The zero-order chi connectivity index (χ0) is 19.1. The molecule has 134 valence electrons. The zero-order valence-corrected chi connectivity index (χ0v) is 14.0. The number of methoxy groups -OCH3 is 1. The summed E-state index contributed by atoms with van der Waals surface area (Å²) in [5.74, 6) is -1.04. The molecule has 0 aliphatic heterocycles. The van der Waals surface area contributed by atoms with Gasteiger partial charge in [-0.1, -0.05) is 24.3 Å². The number of nitrogens with two attached hydrogens (primary N) is 1. The molecule has 0 heterocycles. The van der Waals surface area contributed by atoms with Gasteiger partial charge in [0.05, 0.1) is 12.7 Å². The lowest BCUT2D eigenvalue weighted by Gasteiger charge is -2.02. The van der Waals surface area contributed by atoms with Crippen molar-refractivity contribution < 1.29 is 24.5 Å². The summed E-state index contributed by atoms with van der Waals surface area (Å²) in [6.07, 6.45) is -0.486. The number of carboxylic acid groups (broad SMARTS) is 1. The molecule has 1 amide bonds. The molecule has 0 aromatic heterocycles. The summed E-state index contributed by atoms with van der Waals surface area (Å²) in [5, 5.41) is 22.2. The molecule has 5 N–H and O–H groups in total. The maximum absolute atomic E-state index is 10.7. The van der Waals surface area contributed by atoms with Gasteiger partial charge in [-0.05, 0) is 41.8 Å². The number of benzene rings is 3. The number of carboxylic acids is 1. The predicted molar refractivity (Wildman–Crippen MR) is 99.5 cm³/mol. The van der Waals surface area contributed by atoms with E-state index >= 15 is 0 Å². The highest BCUT2D eigenvalue weighted by Gasteiger charge is 2.07. The van der Waals surface area contributed by atoms with Gasteiger partial charge >= 0.3 is 12.1 Å². The summed E-state index contributed by atoms with van der Waals surface area (Å²) in [4.78, 5) is 21.4. The van der Waals surface area contributed by atoms with Crippen LogP contribution in [0.25, 0.3) is 10.8 Å². The number of aromatic hydroxyl groups is 1. The van der Waals surface area contributed by atoms with Gasteiger partial charge in [-0.15, -0.1) is 0 Å². The smallest absolute Gasteiger partial charge is 0.411 e. The van der Waals surface area contributed by atoms with Crippen molar-refractivity contribution in [2.45, 2.75) is 0 Å². The largest absolute Gasteiger partial charge is 0.507 e. The van der Waals surface area contributed by atoms with Crippen molar-refractivity contribution in [3.63, 3.8) is 0 Å². The van der Waals surface area contributed by atoms with Gasteiger partial charge in [0, 0.05) is 16.8 Å². The Kier molecular flexibility index (Phi) is 6.00. The minimum absolute atomic E-state index is 0.000463. The number of anilines is 2. The summed E-state index contributed by atoms with van der Waals surface area (Å²) in [6.45, 7) is 0. The number of aromatic carboxylic acids is 1. The Balaban J connectivity index is 0.000000190. The molecule has 3 rings (SSSR count). The Hall–Kier alpha value is -3.74. The molecule has 0 atom stereocenters. The molecule has 0 saturated heterocycles. The average Bonchev–Trinajstić information content (AvgIpc) is 2.64. The number of amides is 1. The second-order valence-electron chi connectivity index (χ2n) is 5.26. The molecule has 3 aromatic rings. The van der Waals surface area contributed by atoms with Crippen LogP contribution in [0, 0.1) is 0 Å². The van der Waals surface area contributed by atoms with Gasteiger partial charge in [0.25, 0.3) is 0 Å². The molecular formula is C19H18N2O5. The van der Waals surface area contributed by atoms with Gasteiger partial charge < -0.3 is 20.7 Å². The van der Waals surface area contributed by atoms with Gasteiger partial charge in [-0.2, -0.15) is 0 Å². The van der Waals surface area contributed by atoms with Crippen molar-refractivity contribution in [2.24, 2.45) is 0 Å². The molecule has 26 heavy (non-hydrogen) atoms. The first kappa shape index (κ1) is 18.6. The van der Waals surface area contributed by atoms with Crippen LogP contribution in [0.3, 0.4) is 0 Å². The monoisotopic (exact) mass is 354 g/mol. The molecule has 0 unspecified atom stereocenters. The van der Waals surface area contributed by atoms with E-state index in [-0.39, 0.29) is 11.3 Å². The van der Waals surface area contributed by atoms with Crippen LogP contribution in [-0.2, 0) is 4.74 Å². The number of phenols is 1. The van der Waals surface area contributed by atoms with Crippen LogP contribution in [0.4, 0.5) is 16.2 Å². The average molecular weight is 354 g/mol. The molecule has 7 nitrogen and oxygen atoms in total.